The zero-order valence-electron chi connectivity index (χ0n) is 11.5. The highest BCUT2D eigenvalue weighted by molar-refractivity contribution is 5.24. The summed E-state index contributed by atoms with van der Waals surface area (Å²) < 4.78 is 0. The van der Waals surface area contributed by atoms with E-state index in [9.17, 15) is 5.11 Å². The van der Waals surface area contributed by atoms with E-state index in [1.54, 1.807) is 0 Å². The molecule has 0 aromatic heterocycles. The van der Waals surface area contributed by atoms with E-state index in [1.165, 1.54) is 5.56 Å². The Morgan fingerprint density at radius 1 is 1.22 bits per heavy atom. The number of hydrogen-bond acceptors (Lipinski definition) is 2. The standard InChI is InChI=1S/C16H23NO/c1-5-13(4)17-11-16(18)15-8-6-14(7-9-15)10-12(2)3/h1,6-9,12-13,16-18H,10-11H2,2-4H3. The Labute approximate surface area is 110 Å². The van der Waals surface area contributed by atoms with E-state index in [0.29, 0.717) is 12.5 Å². The molecule has 0 aliphatic heterocycles. The smallest absolute Gasteiger partial charge is 0.0914 e. The van der Waals surface area contributed by atoms with Crippen molar-refractivity contribution in [1.82, 2.24) is 5.32 Å². The molecular weight excluding hydrogens is 222 g/mol. The van der Waals surface area contributed by atoms with E-state index in [-0.39, 0.29) is 6.04 Å². The first-order valence-corrected chi connectivity index (χ1v) is 6.49. The van der Waals surface area contributed by atoms with Crippen LogP contribution in [0.3, 0.4) is 0 Å². The van der Waals surface area contributed by atoms with Crippen LogP contribution in [0.1, 0.15) is 38.0 Å². The van der Waals surface area contributed by atoms with Crippen LogP contribution in [0.15, 0.2) is 24.3 Å². The Bertz CT molecular complexity index is 389. The summed E-state index contributed by atoms with van der Waals surface area (Å²) in [6, 6.07) is 8.14. The van der Waals surface area contributed by atoms with Crippen molar-refractivity contribution in [2.45, 2.75) is 39.3 Å². The highest BCUT2D eigenvalue weighted by atomic mass is 16.3. The van der Waals surface area contributed by atoms with Crippen molar-refractivity contribution in [2.75, 3.05) is 6.54 Å². The molecule has 0 saturated heterocycles. The molecule has 1 aromatic carbocycles. The maximum absolute atomic E-state index is 10.0. The van der Waals surface area contributed by atoms with Crippen LogP contribution in [-0.4, -0.2) is 17.7 Å². The molecule has 1 rings (SSSR count). The summed E-state index contributed by atoms with van der Waals surface area (Å²) in [5.74, 6) is 3.23. The number of terminal acetylenes is 1. The molecule has 2 N–H and O–H groups in total. The van der Waals surface area contributed by atoms with Gasteiger partial charge in [-0.25, -0.2) is 0 Å². The van der Waals surface area contributed by atoms with E-state index in [0.717, 1.165) is 12.0 Å². The predicted octanol–water partition coefficient (Wildman–Crippen LogP) is 2.53. The van der Waals surface area contributed by atoms with Crippen LogP contribution in [0.25, 0.3) is 0 Å². The lowest BCUT2D eigenvalue weighted by Gasteiger charge is -2.14. The Morgan fingerprint density at radius 2 is 1.83 bits per heavy atom. The molecule has 0 saturated carbocycles. The SMILES string of the molecule is C#CC(C)NCC(O)c1ccc(CC(C)C)cc1. The lowest BCUT2D eigenvalue weighted by Crippen LogP contribution is -2.29. The van der Waals surface area contributed by atoms with Gasteiger partial charge in [-0.2, -0.15) is 0 Å². The molecule has 18 heavy (non-hydrogen) atoms. The summed E-state index contributed by atoms with van der Waals surface area (Å²) in [6.45, 7) is 6.79. The molecule has 0 aliphatic carbocycles. The summed E-state index contributed by atoms with van der Waals surface area (Å²) in [5.41, 5.74) is 2.24. The summed E-state index contributed by atoms with van der Waals surface area (Å²) in [5, 5.41) is 13.1. The van der Waals surface area contributed by atoms with E-state index in [2.05, 4.69) is 37.2 Å². The van der Waals surface area contributed by atoms with Crippen LogP contribution in [0.2, 0.25) is 0 Å². The molecule has 0 heterocycles. The summed E-state index contributed by atoms with van der Waals surface area (Å²) >= 11 is 0. The molecule has 0 bridgehead atoms. The van der Waals surface area contributed by atoms with Gasteiger partial charge in [-0.3, -0.25) is 0 Å². The van der Waals surface area contributed by atoms with Gasteiger partial charge in [-0.1, -0.05) is 44.0 Å². The third-order valence-corrected chi connectivity index (χ3v) is 2.88. The topological polar surface area (TPSA) is 32.3 Å². The van der Waals surface area contributed by atoms with Gasteiger partial charge in [0.05, 0.1) is 12.1 Å². The van der Waals surface area contributed by atoms with Crippen LogP contribution >= 0.6 is 0 Å². The molecule has 2 heteroatoms. The number of nitrogens with one attached hydrogen (secondary N) is 1. The Morgan fingerprint density at radius 3 is 2.33 bits per heavy atom. The fraction of sp³-hybridized carbons (Fsp3) is 0.500. The number of aliphatic hydroxyl groups excluding tert-OH is 1. The van der Waals surface area contributed by atoms with Gasteiger partial charge in [-0.15, -0.1) is 6.42 Å². The molecule has 1 aromatic rings. The van der Waals surface area contributed by atoms with Gasteiger partial charge in [0.15, 0.2) is 0 Å². The summed E-state index contributed by atoms with van der Waals surface area (Å²) in [7, 11) is 0. The lowest BCUT2D eigenvalue weighted by molar-refractivity contribution is 0.173. The second-order valence-corrected chi connectivity index (χ2v) is 5.15. The lowest BCUT2D eigenvalue weighted by atomic mass is 10.0. The molecule has 0 amide bonds. The average Bonchev–Trinajstić information content (AvgIpc) is 2.35. The highest BCUT2D eigenvalue weighted by Crippen LogP contribution is 2.15. The van der Waals surface area contributed by atoms with Crippen molar-refractivity contribution in [1.29, 1.82) is 0 Å². The Hall–Kier alpha value is -1.30. The van der Waals surface area contributed by atoms with E-state index in [4.69, 9.17) is 6.42 Å². The Kier molecular flexibility index (Phi) is 5.91. The molecule has 0 radical (unpaired) electrons. The third kappa shape index (κ3) is 4.91. The van der Waals surface area contributed by atoms with Crippen LogP contribution in [0.4, 0.5) is 0 Å². The van der Waals surface area contributed by atoms with Crippen LogP contribution in [-0.2, 0) is 6.42 Å². The quantitative estimate of drug-likeness (QED) is 0.755. The number of aliphatic hydroxyl groups is 1. The zero-order valence-corrected chi connectivity index (χ0v) is 11.5. The average molecular weight is 245 g/mol. The largest absolute Gasteiger partial charge is 0.387 e. The monoisotopic (exact) mass is 245 g/mol. The van der Waals surface area contributed by atoms with Crippen molar-refractivity contribution in [3.05, 3.63) is 35.4 Å². The van der Waals surface area contributed by atoms with Gasteiger partial charge in [0.1, 0.15) is 0 Å². The maximum Gasteiger partial charge on any atom is 0.0914 e. The first-order valence-electron chi connectivity index (χ1n) is 6.49. The second-order valence-electron chi connectivity index (χ2n) is 5.15. The van der Waals surface area contributed by atoms with Crippen molar-refractivity contribution in [3.63, 3.8) is 0 Å². The molecule has 0 spiro atoms. The zero-order chi connectivity index (χ0) is 13.5. The second kappa shape index (κ2) is 7.20. The predicted molar refractivity (Wildman–Crippen MR) is 76.2 cm³/mol. The maximum atomic E-state index is 10.0. The van der Waals surface area contributed by atoms with Gasteiger partial charge < -0.3 is 10.4 Å². The van der Waals surface area contributed by atoms with Crippen LogP contribution in [0, 0.1) is 18.3 Å². The molecule has 0 aliphatic rings. The number of benzene rings is 1. The van der Waals surface area contributed by atoms with Gasteiger partial charge >= 0.3 is 0 Å². The normalized spacial score (nSPS) is 14.2. The van der Waals surface area contributed by atoms with E-state index < -0.39 is 6.10 Å². The minimum Gasteiger partial charge on any atom is -0.387 e. The van der Waals surface area contributed by atoms with E-state index in [1.807, 2.05) is 19.1 Å². The van der Waals surface area contributed by atoms with E-state index >= 15 is 0 Å². The van der Waals surface area contributed by atoms with Crippen molar-refractivity contribution < 1.29 is 5.11 Å². The fourth-order valence-electron chi connectivity index (χ4n) is 1.81. The first kappa shape index (κ1) is 14.8. The molecule has 98 valence electrons. The van der Waals surface area contributed by atoms with Crippen LogP contribution in [0.5, 0.6) is 0 Å². The molecule has 0 fully saturated rings. The minimum atomic E-state index is -0.506. The van der Waals surface area contributed by atoms with Gasteiger partial charge in [0.25, 0.3) is 0 Å². The van der Waals surface area contributed by atoms with Crippen molar-refractivity contribution in [2.24, 2.45) is 5.92 Å². The summed E-state index contributed by atoms with van der Waals surface area (Å²) in [6.07, 6.45) is 5.84. The van der Waals surface area contributed by atoms with Crippen molar-refractivity contribution in [3.8, 4) is 12.3 Å². The third-order valence-electron chi connectivity index (χ3n) is 2.88. The summed E-state index contributed by atoms with van der Waals surface area (Å²) in [4.78, 5) is 0. The number of hydrogen-bond donors (Lipinski definition) is 2. The van der Waals surface area contributed by atoms with Gasteiger partial charge in [0, 0.05) is 6.54 Å². The van der Waals surface area contributed by atoms with Gasteiger partial charge in [-0.05, 0) is 30.4 Å². The number of rotatable bonds is 6. The van der Waals surface area contributed by atoms with Gasteiger partial charge in [0.2, 0.25) is 0 Å². The molecule has 2 atom stereocenters. The Balaban J connectivity index is 2.54. The molecular formula is C16H23NO. The first-order chi connectivity index (χ1) is 8.52. The minimum absolute atomic E-state index is 0.0140. The molecule has 2 nitrogen and oxygen atoms in total. The highest BCUT2D eigenvalue weighted by Gasteiger charge is 2.08. The van der Waals surface area contributed by atoms with Crippen molar-refractivity contribution >= 4 is 0 Å². The fourth-order valence-corrected chi connectivity index (χ4v) is 1.81. The van der Waals surface area contributed by atoms with Crippen LogP contribution < -0.4 is 5.32 Å². The molecule has 2 unspecified atom stereocenters.